The molecule has 0 saturated heterocycles. The van der Waals surface area contributed by atoms with Gasteiger partial charge in [0.1, 0.15) is 0 Å². The molecule has 0 aliphatic heterocycles. The molecule has 194 valence electrons. The van der Waals surface area contributed by atoms with Gasteiger partial charge >= 0.3 is 0 Å². The van der Waals surface area contributed by atoms with Gasteiger partial charge in [0.05, 0.1) is 23.3 Å². The van der Waals surface area contributed by atoms with Crippen LogP contribution in [0.3, 0.4) is 0 Å². The van der Waals surface area contributed by atoms with Crippen LogP contribution < -0.4 is 0 Å². The van der Waals surface area contributed by atoms with E-state index in [9.17, 15) is 10.5 Å². The van der Waals surface area contributed by atoms with Crippen LogP contribution in [0.25, 0.3) is 23.3 Å². The Kier molecular flexibility index (Phi) is 12.1. The molecular formula is C36H40N2. The highest BCUT2D eigenvalue weighted by molar-refractivity contribution is 5.91. The minimum absolute atomic E-state index is 0.651. The Morgan fingerprint density at radius 2 is 0.895 bits per heavy atom. The predicted octanol–water partition coefficient (Wildman–Crippen LogP) is 10.1. The lowest BCUT2D eigenvalue weighted by molar-refractivity contribution is 0.667. The van der Waals surface area contributed by atoms with Crippen LogP contribution in [0.15, 0.2) is 72.8 Å². The third-order valence-corrected chi connectivity index (χ3v) is 6.97. The van der Waals surface area contributed by atoms with Crippen molar-refractivity contribution in [3.8, 4) is 12.1 Å². The van der Waals surface area contributed by atoms with Crippen LogP contribution in [0.4, 0.5) is 0 Å². The van der Waals surface area contributed by atoms with Gasteiger partial charge in [-0.2, -0.15) is 10.5 Å². The van der Waals surface area contributed by atoms with Gasteiger partial charge in [0.25, 0.3) is 0 Å². The molecule has 0 saturated carbocycles. The van der Waals surface area contributed by atoms with E-state index >= 15 is 0 Å². The molecule has 0 heterocycles. The van der Waals surface area contributed by atoms with Gasteiger partial charge in [0.15, 0.2) is 0 Å². The number of hydrogen-bond donors (Lipinski definition) is 0. The maximum atomic E-state index is 9.77. The Hall–Kier alpha value is -3.88. The summed E-state index contributed by atoms with van der Waals surface area (Å²) in [6, 6.07) is 29.5. The van der Waals surface area contributed by atoms with Crippen LogP contribution in [0.5, 0.6) is 0 Å². The van der Waals surface area contributed by atoms with Crippen molar-refractivity contribution in [2.75, 3.05) is 0 Å². The fourth-order valence-corrected chi connectivity index (χ4v) is 4.60. The summed E-state index contributed by atoms with van der Waals surface area (Å²) >= 11 is 0. The first-order valence-corrected chi connectivity index (χ1v) is 14.2. The summed E-state index contributed by atoms with van der Waals surface area (Å²) in [5, 5.41) is 19.5. The van der Waals surface area contributed by atoms with Gasteiger partial charge in [-0.05, 0) is 71.2 Å². The molecule has 0 atom stereocenters. The number of allylic oxidation sites excluding steroid dienone is 2. The van der Waals surface area contributed by atoms with E-state index in [1.165, 1.54) is 62.5 Å². The highest BCUT2D eigenvalue weighted by Crippen LogP contribution is 2.22. The summed E-state index contributed by atoms with van der Waals surface area (Å²) in [4.78, 5) is 0. The predicted molar refractivity (Wildman–Crippen MR) is 162 cm³/mol. The van der Waals surface area contributed by atoms with E-state index in [0.717, 1.165) is 35.1 Å². The molecule has 2 heteroatoms. The average molecular weight is 501 g/mol. The van der Waals surface area contributed by atoms with Gasteiger partial charge in [-0.3, -0.25) is 0 Å². The van der Waals surface area contributed by atoms with Crippen molar-refractivity contribution in [3.63, 3.8) is 0 Å². The lowest BCUT2D eigenvalue weighted by Gasteiger charge is -2.05. The third-order valence-electron chi connectivity index (χ3n) is 6.97. The van der Waals surface area contributed by atoms with Gasteiger partial charge in [0, 0.05) is 0 Å². The molecule has 0 bridgehead atoms. The smallest absolute Gasteiger partial charge is 0.0998 e. The normalized spacial score (nSPS) is 11.7. The van der Waals surface area contributed by atoms with Crippen LogP contribution in [-0.4, -0.2) is 0 Å². The fraction of sp³-hybridized carbons (Fsp3) is 0.333. The zero-order valence-electron chi connectivity index (χ0n) is 23.0. The average Bonchev–Trinajstić information content (AvgIpc) is 2.96. The number of hydrogen-bond acceptors (Lipinski definition) is 2. The van der Waals surface area contributed by atoms with Gasteiger partial charge in [0.2, 0.25) is 0 Å². The third kappa shape index (κ3) is 9.21. The lowest BCUT2D eigenvalue weighted by atomic mass is 9.98. The number of unbranched alkanes of at least 4 members (excludes halogenated alkanes) is 6. The highest BCUT2D eigenvalue weighted by Gasteiger charge is 2.04. The number of rotatable bonds is 14. The molecule has 38 heavy (non-hydrogen) atoms. The van der Waals surface area contributed by atoms with Gasteiger partial charge in [-0.15, -0.1) is 0 Å². The summed E-state index contributed by atoms with van der Waals surface area (Å²) in [6.45, 7) is 4.46. The van der Waals surface area contributed by atoms with E-state index in [2.05, 4.69) is 74.5 Å². The van der Waals surface area contributed by atoms with Crippen molar-refractivity contribution >= 4 is 23.3 Å². The second-order valence-electron chi connectivity index (χ2n) is 10.0. The number of nitriles is 2. The quantitative estimate of drug-likeness (QED) is 0.126. The minimum atomic E-state index is 0.651. The van der Waals surface area contributed by atoms with E-state index in [4.69, 9.17) is 0 Å². The number of nitrogens with zero attached hydrogens (tertiary/aromatic N) is 2. The molecule has 0 aromatic heterocycles. The highest BCUT2D eigenvalue weighted by atomic mass is 14.3. The van der Waals surface area contributed by atoms with E-state index < -0.39 is 0 Å². The largest absolute Gasteiger partial charge is 0.192 e. The lowest BCUT2D eigenvalue weighted by Crippen LogP contribution is -1.88. The topological polar surface area (TPSA) is 47.6 Å². The monoisotopic (exact) mass is 500 g/mol. The van der Waals surface area contributed by atoms with Crippen LogP contribution in [0.2, 0.25) is 0 Å². The first-order chi connectivity index (χ1) is 18.7. The van der Waals surface area contributed by atoms with Crippen molar-refractivity contribution in [3.05, 3.63) is 106 Å². The molecule has 0 N–H and O–H groups in total. The summed E-state index contributed by atoms with van der Waals surface area (Å²) in [5.74, 6) is 0. The molecule has 0 spiro atoms. The van der Waals surface area contributed by atoms with Crippen molar-refractivity contribution < 1.29 is 0 Å². The molecule has 0 unspecified atom stereocenters. The molecule has 2 nitrogen and oxygen atoms in total. The van der Waals surface area contributed by atoms with Crippen molar-refractivity contribution in [1.82, 2.24) is 0 Å². The number of benzene rings is 3. The SMILES string of the molecule is CCCCCCc1ccc(C(C#N)=Cc2ccc(C=C(C#N)c3ccc(CCCCCC)cc3)cc2)cc1. The molecule has 3 aromatic rings. The maximum Gasteiger partial charge on any atom is 0.0998 e. The molecule has 0 fully saturated rings. The van der Waals surface area contributed by atoms with Crippen LogP contribution >= 0.6 is 0 Å². The van der Waals surface area contributed by atoms with Gasteiger partial charge < -0.3 is 0 Å². The first kappa shape index (κ1) is 28.7. The van der Waals surface area contributed by atoms with Crippen molar-refractivity contribution in [1.29, 1.82) is 10.5 Å². The van der Waals surface area contributed by atoms with E-state index in [1.807, 2.05) is 36.4 Å². The van der Waals surface area contributed by atoms with Gasteiger partial charge in [-0.1, -0.05) is 125 Å². The Balaban J connectivity index is 1.66. The molecule has 0 amide bonds. The van der Waals surface area contributed by atoms with E-state index in [0.29, 0.717) is 11.1 Å². The standard InChI is InChI=1S/C36H40N2/c1-3-5-7-9-11-29-17-21-33(22-18-29)35(27-37)25-31-13-15-32(16-14-31)26-36(28-38)34-23-19-30(20-24-34)12-10-8-6-4-2/h13-26H,3-12H2,1-2H3. The van der Waals surface area contributed by atoms with E-state index in [1.54, 1.807) is 0 Å². The van der Waals surface area contributed by atoms with E-state index in [-0.39, 0.29) is 0 Å². The summed E-state index contributed by atoms with van der Waals surface area (Å²) < 4.78 is 0. The summed E-state index contributed by atoms with van der Waals surface area (Å²) in [6.07, 6.45) is 16.1. The zero-order chi connectivity index (χ0) is 27.0. The Morgan fingerprint density at radius 3 is 1.21 bits per heavy atom. The molecular weight excluding hydrogens is 460 g/mol. The second kappa shape index (κ2) is 16.1. The molecule has 0 aliphatic carbocycles. The Bertz CT molecular complexity index is 1160. The van der Waals surface area contributed by atoms with Crippen molar-refractivity contribution in [2.24, 2.45) is 0 Å². The molecule has 0 aliphatic rings. The van der Waals surface area contributed by atoms with Gasteiger partial charge in [-0.25, -0.2) is 0 Å². The second-order valence-corrected chi connectivity index (χ2v) is 10.0. The fourth-order valence-electron chi connectivity index (χ4n) is 4.60. The summed E-state index contributed by atoms with van der Waals surface area (Å²) in [5.41, 5.74) is 7.77. The Labute approximate surface area is 230 Å². The first-order valence-electron chi connectivity index (χ1n) is 14.2. The minimum Gasteiger partial charge on any atom is -0.192 e. The Morgan fingerprint density at radius 1 is 0.526 bits per heavy atom. The maximum absolute atomic E-state index is 9.77. The van der Waals surface area contributed by atoms with Crippen LogP contribution in [0.1, 0.15) is 98.6 Å². The van der Waals surface area contributed by atoms with Crippen molar-refractivity contribution in [2.45, 2.75) is 78.1 Å². The summed E-state index contributed by atoms with van der Waals surface area (Å²) in [7, 11) is 0. The molecule has 3 rings (SSSR count). The zero-order valence-corrected chi connectivity index (χ0v) is 23.0. The van der Waals surface area contributed by atoms with Crippen LogP contribution in [-0.2, 0) is 12.8 Å². The number of aryl methyl sites for hydroxylation is 2. The van der Waals surface area contributed by atoms with Crippen LogP contribution in [0, 0.1) is 22.7 Å². The molecule has 3 aromatic carbocycles. The molecule has 0 radical (unpaired) electrons.